The van der Waals surface area contributed by atoms with Gasteiger partial charge in [0.2, 0.25) is 0 Å². The van der Waals surface area contributed by atoms with Crippen LogP contribution in [0.3, 0.4) is 0 Å². The molecule has 0 spiro atoms. The van der Waals surface area contributed by atoms with Gasteiger partial charge >= 0.3 is 5.97 Å². The molecule has 9 heteroatoms. The van der Waals surface area contributed by atoms with E-state index in [0.29, 0.717) is 16.3 Å². The predicted octanol–water partition coefficient (Wildman–Crippen LogP) is 4.41. The third kappa shape index (κ3) is 6.09. The first-order valence-electron chi connectivity index (χ1n) is 7.61. The fraction of sp³-hybridized carbons (Fsp3) is 0.111. The zero-order chi connectivity index (χ0) is 20.0. The number of carbonyl (C=O) groups excluding carboxylic acids is 2. The number of amides is 1. The molecule has 0 radical (unpaired) electrons. The summed E-state index contributed by atoms with van der Waals surface area (Å²) in [7, 11) is 0. The summed E-state index contributed by atoms with van der Waals surface area (Å²) >= 11 is 11.7. The predicted molar refractivity (Wildman–Crippen MR) is 103 cm³/mol. The van der Waals surface area contributed by atoms with Crippen LogP contribution >= 0.6 is 23.2 Å². The van der Waals surface area contributed by atoms with Crippen molar-refractivity contribution in [3.8, 4) is 0 Å². The molecule has 0 aliphatic rings. The first-order valence-corrected chi connectivity index (χ1v) is 8.36. The average Bonchev–Trinajstić information content (AvgIpc) is 2.62. The normalized spacial score (nSPS) is 10.6. The Bertz CT molecular complexity index is 928. The fourth-order valence-electron chi connectivity index (χ4n) is 1.99. The number of hydrogen-bond acceptors (Lipinski definition) is 5. The highest BCUT2D eigenvalue weighted by atomic mass is 35.5. The molecule has 2 aromatic rings. The molecular formula is C18H14Cl2N2O5. The van der Waals surface area contributed by atoms with Gasteiger partial charge in [-0.1, -0.05) is 35.3 Å². The van der Waals surface area contributed by atoms with Gasteiger partial charge in [-0.2, -0.15) is 0 Å². The van der Waals surface area contributed by atoms with Crippen molar-refractivity contribution in [2.45, 2.75) is 6.92 Å². The molecule has 0 aliphatic carbocycles. The quantitative estimate of drug-likeness (QED) is 0.330. The molecule has 0 atom stereocenters. The number of hydrogen-bond donors (Lipinski definition) is 1. The van der Waals surface area contributed by atoms with Crippen LogP contribution in [-0.2, 0) is 14.3 Å². The van der Waals surface area contributed by atoms with E-state index in [4.69, 9.17) is 27.9 Å². The van der Waals surface area contributed by atoms with Crippen molar-refractivity contribution in [1.82, 2.24) is 0 Å². The Morgan fingerprint density at radius 1 is 1.19 bits per heavy atom. The lowest BCUT2D eigenvalue weighted by Crippen LogP contribution is -2.20. The molecule has 0 bridgehead atoms. The van der Waals surface area contributed by atoms with Crippen molar-refractivity contribution in [1.29, 1.82) is 0 Å². The number of nitrogens with zero attached hydrogens (tertiary/aromatic N) is 1. The molecule has 0 aliphatic heterocycles. The van der Waals surface area contributed by atoms with E-state index in [1.807, 2.05) is 6.92 Å². The molecule has 0 fully saturated rings. The highest BCUT2D eigenvalue weighted by molar-refractivity contribution is 6.32. The number of aryl methyl sites for hydroxylation is 1. The van der Waals surface area contributed by atoms with E-state index in [-0.39, 0.29) is 10.7 Å². The van der Waals surface area contributed by atoms with Crippen LogP contribution in [0, 0.1) is 17.0 Å². The summed E-state index contributed by atoms with van der Waals surface area (Å²) in [6.07, 6.45) is 2.38. The Morgan fingerprint density at radius 2 is 1.93 bits per heavy atom. The second-order valence-corrected chi connectivity index (χ2v) is 6.24. The third-order valence-electron chi connectivity index (χ3n) is 3.38. The minimum absolute atomic E-state index is 0.00685. The monoisotopic (exact) mass is 408 g/mol. The van der Waals surface area contributed by atoms with Crippen molar-refractivity contribution in [2.75, 3.05) is 11.9 Å². The first kappa shape index (κ1) is 20.4. The van der Waals surface area contributed by atoms with Gasteiger partial charge in [-0.25, -0.2) is 4.79 Å². The Balaban J connectivity index is 1.89. The molecule has 2 aromatic carbocycles. The lowest BCUT2D eigenvalue weighted by atomic mass is 10.2. The molecule has 27 heavy (non-hydrogen) atoms. The number of ether oxygens (including phenoxy) is 1. The van der Waals surface area contributed by atoms with Crippen LogP contribution in [0.15, 0.2) is 42.5 Å². The molecular weight excluding hydrogens is 395 g/mol. The fourth-order valence-corrected chi connectivity index (χ4v) is 2.36. The van der Waals surface area contributed by atoms with Crippen molar-refractivity contribution in [3.63, 3.8) is 0 Å². The van der Waals surface area contributed by atoms with Gasteiger partial charge in [0.15, 0.2) is 6.61 Å². The van der Waals surface area contributed by atoms with Crippen LogP contribution in [0.4, 0.5) is 11.4 Å². The molecule has 0 unspecified atom stereocenters. The van der Waals surface area contributed by atoms with Crippen molar-refractivity contribution in [2.24, 2.45) is 0 Å². The second kappa shape index (κ2) is 9.16. The van der Waals surface area contributed by atoms with E-state index in [2.05, 4.69) is 5.32 Å². The zero-order valence-electron chi connectivity index (χ0n) is 14.1. The van der Waals surface area contributed by atoms with Gasteiger partial charge in [0.1, 0.15) is 5.02 Å². The molecule has 140 valence electrons. The molecule has 2 rings (SSSR count). The van der Waals surface area contributed by atoms with E-state index in [1.54, 1.807) is 18.2 Å². The first-order chi connectivity index (χ1) is 12.8. The van der Waals surface area contributed by atoms with Gasteiger partial charge in [-0.05, 0) is 42.3 Å². The molecule has 7 nitrogen and oxygen atoms in total. The maximum atomic E-state index is 11.8. The topological polar surface area (TPSA) is 98.5 Å². The standard InChI is InChI=1S/C18H14Cl2N2O5/c1-11-2-5-13(9-15(11)20)21-17(23)10-27-18(24)7-4-12-3-6-14(19)16(8-12)22(25)26/h2-9H,10H2,1H3,(H,21,23)/b7-4+. The van der Waals surface area contributed by atoms with E-state index >= 15 is 0 Å². The van der Waals surface area contributed by atoms with Crippen LogP contribution in [-0.4, -0.2) is 23.4 Å². The number of anilines is 1. The van der Waals surface area contributed by atoms with E-state index in [9.17, 15) is 19.7 Å². The Morgan fingerprint density at radius 3 is 2.59 bits per heavy atom. The molecule has 0 saturated heterocycles. The highest BCUT2D eigenvalue weighted by Crippen LogP contribution is 2.25. The number of benzene rings is 2. The Kier molecular flexibility index (Phi) is 6.92. The maximum Gasteiger partial charge on any atom is 0.331 e. The number of nitro benzene ring substituents is 1. The zero-order valence-corrected chi connectivity index (χ0v) is 15.6. The maximum absolute atomic E-state index is 11.8. The molecule has 0 saturated carbocycles. The van der Waals surface area contributed by atoms with Gasteiger partial charge in [-0.3, -0.25) is 14.9 Å². The third-order valence-corrected chi connectivity index (χ3v) is 4.11. The summed E-state index contributed by atoms with van der Waals surface area (Å²) in [6.45, 7) is 1.34. The number of nitro groups is 1. The van der Waals surface area contributed by atoms with Crippen LogP contribution in [0.2, 0.25) is 10.0 Å². The molecule has 0 aromatic heterocycles. The van der Waals surface area contributed by atoms with Crippen molar-refractivity contribution >= 4 is 52.5 Å². The number of nitrogens with one attached hydrogen (secondary N) is 1. The van der Waals surface area contributed by atoms with Gasteiger partial charge in [-0.15, -0.1) is 0 Å². The Labute approximate surface area is 164 Å². The van der Waals surface area contributed by atoms with Crippen LogP contribution in [0.1, 0.15) is 11.1 Å². The summed E-state index contributed by atoms with van der Waals surface area (Å²) in [4.78, 5) is 33.7. The lowest BCUT2D eigenvalue weighted by Gasteiger charge is -2.07. The lowest BCUT2D eigenvalue weighted by molar-refractivity contribution is -0.384. The van der Waals surface area contributed by atoms with Crippen LogP contribution < -0.4 is 5.32 Å². The smallest absolute Gasteiger partial charge is 0.331 e. The number of halogens is 2. The summed E-state index contributed by atoms with van der Waals surface area (Å²) < 4.78 is 4.82. The summed E-state index contributed by atoms with van der Waals surface area (Å²) in [5.41, 5.74) is 1.47. The summed E-state index contributed by atoms with van der Waals surface area (Å²) in [5.74, 6) is -1.30. The van der Waals surface area contributed by atoms with Gasteiger partial charge in [0.25, 0.3) is 11.6 Å². The van der Waals surface area contributed by atoms with E-state index in [1.165, 1.54) is 24.3 Å². The van der Waals surface area contributed by atoms with Gasteiger partial charge in [0, 0.05) is 22.9 Å². The van der Waals surface area contributed by atoms with E-state index < -0.39 is 23.4 Å². The average molecular weight is 409 g/mol. The van der Waals surface area contributed by atoms with Crippen LogP contribution in [0.5, 0.6) is 0 Å². The SMILES string of the molecule is Cc1ccc(NC(=O)COC(=O)/C=C/c2ccc(Cl)c([N+](=O)[O-])c2)cc1Cl. The Hall–Kier alpha value is -2.90. The van der Waals surface area contributed by atoms with Gasteiger partial charge in [0.05, 0.1) is 4.92 Å². The van der Waals surface area contributed by atoms with Gasteiger partial charge < -0.3 is 10.1 Å². The molecule has 1 N–H and O–H groups in total. The number of esters is 1. The minimum Gasteiger partial charge on any atom is -0.452 e. The second-order valence-electron chi connectivity index (χ2n) is 5.42. The minimum atomic E-state index is -0.773. The summed E-state index contributed by atoms with van der Waals surface area (Å²) in [6, 6.07) is 9.09. The highest BCUT2D eigenvalue weighted by Gasteiger charge is 2.12. The number of rotatable bonds is 6. The molecule has 1 amide bonds. The van der Waals surface area contributed by atoms with Crippen molar-refractivity contribution < 1.29 is 19.2 Å². The number of carbonyl (C=O) groups is 2. The summed E-state index contributed by atoms with van der Waals surface area (Å²) in [5, 5.41) is 13.9. The van der Waals surface area contributed by atoms with Crippen LogP contribution in [0.25, 0.3) is 6.08 Å². The van der Waals surface area contributed by atoms with E-state index in [0.717, 1.165) is 11.6 Å². The largest absolute Gasteiger partial charge is 0.452 e. The van der Waals surface area contributed by atoms with Crippen molar-refractivity contribution in [3.05, 3.63) is 73.8 Å². The molecule has 0 heterocycles.